The summed E-state index contributed by atoms with van der Waals surface area (Å²) in [7, 11) is 0. The van der Waals surface area contributed by atoms with E-state index in [1.54, 1.807) is 0 Å². The van der Waals surface area contributed by atoms with Gasteiger partial charge in [-0.15, -0.1) is 0 Å². The van der Waals surface area contributed by atoms with Crippen LogP contribution in [0.5, 0.6) is 5.75 Å². The van der Waals surface area contributed by atoms with Crippen LogP contribution in [0.3, 0.4) is 0 Å². The lowest BCUT2D eigenvalue weighted by molar-refractivity contribution is -0.132. The van der Waals surface area contributed by atoms with Crippen LogP contribution in [0, 0.1) is 29.6 Å². The van der Waals surface area contributed by atoms with Gasteiger partial charge < -0.3 is 10.1 Å². The third-order valence-electron chi connectivity index (χ3n) is 5.96. The van der Waals surface area contributed by atoms with Gasteiger partial charge in [-0.05, 0) is 87.0 Å². The van der Waals surface area contributed by atoms with E-state index in [0.717, 1.165) is 23.3 Å². The van der Waals surface area contributed by atoms with Gasteiger partial charge in [0.2, 0.25) is 5.91 Å². The second-order valence-corrected chi connectivity index (χ2v) is 7.40. The number of hydrogen-bond acceptors (Lipinski definition) is 2. The Balaban J connectivity index is 1.43. The molecule has 4 aliphatic carbocycles. The van der Waals surface area contributed by atoms with Crippen LogP contribution in [0.4, 0.5) is 5.69 Å². The van der Waals surface area contributed by atoms with Gasteiger partial charge in [-0.1, -0.05) is 0 Å². The topological polar surface area (TPSA) is 38.3 Å². The summed E-state index contributed by atoms with van der Waals surface area (Å²) in [5, 5.41) is 3.14. The van der Waals surface area contributed by atoms with Crippen molar-refractivity contribution in [1.82, 2.24) is 0 Å². The van der Waals surface area contributed by atoms with E-state index >= 15 is 0 Å². The van der Waals surface area contributed by atoms with E-state index < -0.39 is 0 Å². The van der Waals surface area contributed by atoms with E-state index in [2.05, 4.69) is 5.32 Å². The van der Waals surface area contributed by atoms with Gasteiger partial charge in [0.05, 0.1) is 6.61 Å². The molecule has 0 aromatic heterocycles. The Morgan fingerprint density at radius 1 is 1.05 bits per heavy atom. The van der Waals surface area contributed by atoms with Gasteiger partial charge in [0.15, 0.2) is 0 Å². The average Bonchev–Trinajstić information content (AvgIpc) is 2.48. The summed E-state index contributed by atoms with van der Waals surface area (Å²) in [5.74, 6) is 4.46. The Bertz CT molecular complexity index is 523. The van der Waals surface area contributed by atoms with Crippen molar-refractivity contribution in [2.24, 2.45) is 29.6 Å². The lowest BCUT2D eigenvalue weighted by Crippen LogP contribution is -2.49. The quantitative estimate of drug-likeness (QED) is 0.909. The summed E-state index contributed by atoms with van der Waals surface area (Å²) in [6.45, 7) is 2.64. The molecule has 0 radical (unpaired) electrons. The van der Waals surface area contributed by atoms with Crippen LogP contribution in [0.25, 0.3) is 0 Å². The van der Waals surface area contributed by atoms with Crippen molar-refractivity contribution in [3.8, 4) is 5.75 Å². The fraction of sp³-hybridized carbons (Fsp3) is 0.632. The normalized spacial score (nSPS) is 35.4. The van der Waals surface area contributed by atoms with E-state index in [-0.39, 0.29) is 11.8 Å². The molecule has 0 atom stereocenters. The molecular formula is C19H25NO2. The molecule has 0 spiro atoms. The van der Waals surface area contributed by atoms with Crippen molar-refractivity contribution in [1.29, 1.82) is 0 Å². The molecule has 0 unspecified atom stereocenters. The molecule has 4 bridgehead atoms. The largest absolute Gasteiger partial charge is 0.494 e. The first-order valence-electron chi connectivity index (χ1n) is 8.76. The van der Waals surface area contributed by atoms with Crippen LogP contribution < -0.4 is 10.1 Å². The molecule has 1 amide bonds. The number of ether oxygens (including phenoxy) is 1. The zero-order chi connectivity index (χ0) is 15.1. The molecule has 3 nitrogen and oxygen atoms in total. The molecule has 0 aliphatic heterocycles. The van der Waals surface area contributed by atoms with Crippen molar-refractivity contribution in [3.63, 3.8) is 0 Å². The first-order valence-corrected chi connectivity index (χ1v) is 8.76. The Morgan fingerprint density at radius 2 is 1.64 bits per heavy atom. The zero-order valence-corrected chi connectivity index (χ0v) is 13.3. The molecule has 4 aliphatic rings. The molecule has 1 aromatic rings. The molecule has 3 heteroatoms. The Morgan fingerprint density at radius 3 is 2.18 bits per heavy atom. The Kier molecular flexibility index (Phi) is 3.59. The van der Waals surface area contributed by atoms with Crippen LogP contribution in [0.1, 0.15) is 39.0 Å². The van der Waals surface area contributed by atoms with Crippen LogP contribution >= 0.6 is 0 Å². The molecule has 5 rings (SSSR count). The fourth-order valence-electron chi connectivity index (χ4n) is 5.38. The van der Waals surface area contributed by atoms with Crippen LogP contribution in [-0.2, 0) is 4.79 Å². The predicted octanol–water partition coefficient (Wildman–Crippen LogP) is 4.10. The summed E-state index contributed by atoms with van der Waals surface area (Å²) < 4.78 is 5.45. The Labute approximate surface area is 132 Å². The standard InChI is InChI=1S/C19H25NO2/c1-2-22-17-5-3-16(4-6-17)20-19(21)18-14-8-12-7-13(10-14)11-15(18)9-12/h3-6,12-15,18H,2,7-11H2,1H3,(H,20,21). The monoisotopic (exact) mass is 299 g/mol. The zero-order valence-electron chi connectivity index (χ0n) is 13.3. The number of carbonyl (C=O) groups is 1. The SMILES string of the molecule is CCOc1ccc(NC(=O)C2C3CC4CC(C3)CC2C4)cc1. The van der Waals surface area contributed by atoms with Crippen molar-refractivity contribution < 1.29 is 9.53 Å². The molecule has 118 valence electrons. The van der Waals surface area contributed by atoms with Crippen LogP contribution in [0.2, 0.25) is 0 Å². The molecule has 4 fully saturated rings. The van der Waals surface area contributed by atoms with E-state index in [1.807, 2.05) is 31.2 Å². The molecule has 0 heterocycles. The smallest absolute Gasteiger partial charge is 0.228 e. The summed E-state index contributed by atoms with van der Waals surface area (Å²) in [5.41, 5.74) is 0.891. The summed E-state index contributed by atoms with van der Waals surface area (Å²) in [4.78, 5) is 12.8. The molecule has 1 N–H and O–H groups in total. The molecule has 0 saturated heterocycles. The van der Waals surface area contributed by atoms with Gasteiger partial charge in [0, 0.05) is 11.6 Å². The second kappa shape index (κ2) is 5.60. The number of nitrogens with one attached hydrogen (secondary N) is 1. The number of amides is 1. The number of rotatable bonds is 4. The lowest BCUT2D eigenvalue weighted by atomic mass is 9.51. The number of carbonyl (C=O) groups excluding carboxylic acids is 1. The number of anilines is 1. The minimum atomic E-state index is 0.248. The maximum Gasteiger partial charge on any atom is 0.228 e. The van der Waals surface area contributed by atoms with E-state index in [0.29, 0.717) is 18.4 Å². The maximum atomic E-state index is 12.8. The first kappa shape index (κ1) is 14.1. The Hall–Kier alpha value is -1.51. The van der Waals surface area contributed by atoms with E-state index in [9.17, 15) is 4.79 Å². The highest BCUT2D eigenvalue weighted by molar-refractivity contribution is 5.93. The molecule has 1 aromatic carbocycles. The average molecular weight is 299 g/mol. The van der Waals surface area contributed by atoms with Crippen LogP contribution in [0.15, 0.2) is 24.3 Å². The summed E-state index contributed by atoms with van der Waals surface area (Å²) in [6.07, 6.45) is 6.58. The second-order valence-electron chi connectivity index (χ2n) is 7.40. The maximum absolute atomic E-state index is 12.8. The van der Waals surface area contributed by atoms with Gasteiger partial charge in [-0.3, -0.25) is 4.79 Å². The van der Waals surface area contributed by atoms with Crippen molar-refractivity contribution in [2.75, 3.05) is 11.9 Å². The lowest BCUT2D eigenvalue weighted by Gasteiger charge is -2.53. The number of hydrogen-bond donors (Lipinski definition) is 1. The molecule has 22 heavy (non-hydrogen) atoms. The highest BCUT2D eigenvalue weighted by Crippen LogP contribution is 2.56. The minimum absolute atomic E-state index is 0.248. The van der Waals surface area contributed by atoms with Gasteiger partial charge in [-0.2, -0.15) is 0 Å². The van der Waals surface area contributed by atoms with Crippen molar-refractivity contribution in [3.05, 3.63) is 24.3 Å². The first-order chi connectivity index (χ1) is 10.7. The third-order valence-corrected chi connectivity index (χ3v) is 5.96. The summed E-state index contributed by atoms with van der Waals surface area (Å²) in [6, 6.07) is 7.74. The van der Waals surface area contributed by atoms with Gasteiger partial charge >= 0.3 is 0 Å². The highest BCUT2D eigenvalue weighted by Gasteiger charge is 2.50. The fourth-order valence-corrected chi connectivity index (χ4v) is 5.38. The minimum Gasteiger partial charge on any atom is -0.494 e. The number of benzene rings is 1. The molecule has 4 saturated carbocycles. The van der Waals surface area contributed by atoms with E-state index in [4.69, 9.17) is 4.74 Å². The van der Waals surface area contributed by atoms with Crippen LogP contribution in [-0.4, -0.2) is 12.5 Å². The molecular weight excluding hydrogens is 274 g/mol. The van der Waals surface area contributed by atoms with E-state index in [1.165, 1.54) is 32.1 Å². The van der Waals surface area contributed by atoms with Gasteiger partial charge in [0.25, 0.3) is 0 Å². The highest BCUT2D eigenvalue weighted by atomic mass is 16.5. The van der Waals surface area contributed by atoms with Crippen molar-refractivity contribution in [2.45, 2.75) is 39.0 Å². The van der Waals surface area contributed by atoms with Crippen molar-refractivity contribution >= 4 is 11.6 Å². The van der Waals surface area contributed by atoms with Gasteiger partial charge in [0.1, 0.15) is 5.75 Å². The predicted molar refractivity (Wildman–Crippen MR) is 86.8 cm³/mol. The third kappa shape index (κ3) is 2.51. The van der Waals surface area contributed by atoms with Gasteiger partial charge in [-0.25, -0.2) is 0 Å². The summed E-state index contributed by atoms with van der Waals surface area (Å²) >= 11 is 0.